The van der Waals surface area contributed by atoms with Crippen molar-refractivity contribution >= 4 is 11.5 Å². The zero-order valence-electron chi connectivity index (χ0n) is 10.7. The van der Waals surface area contributed by atoms with E-state index in [2.05, 4.69) is 31.1 Å². The van der Waals surface area contributed by atoms with Crippen LogP contribution in [-0.2, 0) is 0 Å². The van der Waals surface area contributed by atoms with Gasteiger partial charge < -0.3 is 11.1 Å². The first-order valence-electron chi connectivity index (χ1n) is 6.02. The van der Waals surface area contributed by atoms with Gasteiger partial charge in [0.1, 0.15) is 5.82 Å². The van der Waals surface area contributed by atoms with Crippen molar-refractivity contribution < 1.29 is 0 Å². The molecule has 2 unspecified atom stereocenters. The SMILES string of the molecule is CCC(C)CC(C)Nc1nc(C)ccc1N. The highest BCUT2D eigenvalue weighted by Gasteiger charge is 2.09. The van der Waals surface area contributed by atoms with Gasteiger partial charge in [0.05, 0.1) is 5.69 Å². The standard InChI is InChI=1S/C13H23N3/c1-5-9(2)8-11(4)16-13-12(14)7-6-10(3)15-13/h6-7,9,11H,5,8,14H2,1-4H3,(H,15,16). The number of pyridine rings is 1. The highest BCUT2D eigenvalue weighted by atomic mass is 15.0. The summed E-state index contributed by atoms with van der Waals surface area (Å²) in [6, 6.07) is 4.24. The Bertz CT molecular complexity index is 336. The number of rotatable bonds is 5. The summed E-state index contributed by atoms with van der Waals surface area (Å²) in [6.07, 6.45) is 2.36. The molecule has 0 bridgehead atoms. The molecule has 0 saturated heterocycles. The molecule has 3 heteroatoms. The molecule has 0 fully saturated rings. The van der Waals surface area contributed by atoms with E-state index >= 15 is 0 Å². The Kier molecular flexibility index (Phi) is 4.59. The zero-order valence-corrected chi connectivity index (χ0v) is 10.7. The molecule has 0 amide bonds. The monoisotopic (exact) mass is 221 g/mol. The fraction of sp³-hybridized carbons (Fsp3) is 0.615. The molecule has 0 aliphatic heterocycles. The van der Waals surface area contributed by atoms with Crippen LogP contribution in [0.4, 0.5) is 11.5 Å². The highest BCUT2D eigenvalue weighted by molar-refractivity contribution is 5.61. The lowest BCUT2D eigenvalue weighted by molar-refractivity contribution is 0.483. The molecular formula is C13H23N3. The molecule has 2 atom stereocenters. The van der Waals surface area contributed by atoms with Gasteiger partial charge in [-0.25, -0.2) is 4.98 Å². The number of hydrogen-bond donors (Lipinski definition) is 2. The molecule has 1 rings (SSSR count). The maximum absolute atomic E-state index is 5.88. The van der Waals surface area contributed by atoms with Crippen LogP contribution in [0, 0.1) is 12.8 Å². The second kappa shape index (κ2) is 5.73. The Morgan fingerprint density at radius 2 is 2.06 bits per heavy atom. The number of nitrogen functional groups attached to an aromatic ring is 1. The largest absolute Gasteiger partial charge is 0.396 e. The number of nitrogens with one attached hydrogen (secondary N) is 1. The first-order valence-corrected chi connectivity index (χ1v) is 6.02. The minimum atomic E-state index is 0.409. The van der Waals surface area contributed by atoms with Crippen LogP contribution in [0.25, 0.3) is 0 Å². The van der Waals surface area contributed by atoms with Gasteiger partial charge in [-0.2, -0.15) is 0 Å². The van der Waals surface area contributed by atoms with Crippen molar-refractivity contribution in [2.45, 2.75) is 46.6 Å². The van der Waals surface area contributed by atoms with E-state index in [4.69, 9.17) is 5.73 Å². The topological polar surface area (TPSA) is 50.9 Å². The second-order valence-electron chi connectivity index (χ2n) is 4.68. The summed E-state index contributed by atoms with van der Waals surface area (Å²) in [6.45, 7) is 8.64. The van der Waals surface area contributed by atoms with Crippen molar-refractivity contribution in [3.8, 4) is 0 Å². The van der Waals surface area contributed by atoms with Crippen LogP contribution < -0.4 is 11.1 Å². The average Bonchev–Trinajstić information content (AvgIpc) is 2.23. The van der Waals surface area contributed by atoms with E-state index in [0.29, 0.717) is 6.04 Å². The minimum Gasteiger partial charge on any atom is -0.396 e. The van der Waals surface area contributed by atoms with Crippen molar-refractivity contribution in [1.82, 2.24) is 4.98 Å². The summed E-state index contributed by atoms with van der Waals surface area (Å²) < 4.78 is 0. The van der Waals surface area contributed by atoms with Crippen molar-refractivity contribution in [2.75, 3.05) is 11.1 Å². The van der Waals surface area contributed by atoms with Gasteiger partial charge in [0.25, 0.3) is 0 Å². The van der Waals surface area contributed by atoms with Crippen LogP contribution in [0.5, 0.6) is 0 Å². The second-order valence-corrected chi connectivity index (χ2v) is 4.68. The molecule has 0 saturated carbocycles. The van der Waals surface area contributed by atoms with Gasteiger partial charge in [-0.3, -0.25) is 0 Å². The van der Waals surface area contributed by atoms with E-state index < -0.39 is 0 Å². The Labute approximate surface area is 98.5 Å². The zero-order chi connectivity index (χ0) is 12.1. The number of nitrogens with two attached hydrogens (primary N) is 1. The quantitative estimate of drug-likeness (QED) is 0.802. The molecule has 0 aliphatic carbocycles. The van der Waals surface area contributed by atoms with Crippen LogP contribution in [0.1, 0.15) is 39.3 Å². The molecule has 16 heavy (non-hydrogen) atoms. The molecule has 1 aromatic heterocycles. The molecule has 0 aliphatic rings. The summed E-state index contributed by atoms with van der Waals surface area (Å²) >= 11 is 0. The van der Waals surface area contributed by atoms with Gasteiger partial charge >= 0.3 is 0 Å². The van der Waals surface area contributed by atoms with E-state index in [1.54, 1.807) is 0 Å². The molecular weight excluding hydrogens is 198 g/mol. The third kappa shape index (κ3) is 3.72. The predicted octanol–water partition coefficient (Wildman–Crippen LogP) is 3.21. The summed E-state index contributed by atoms with van der Waals surface area (Å²) in [7, 11) is 0. The Morgan fingerprint density at radius 3 is 2.69 bits per heavy atom. The summed E-state index contributed by atoms with van der Waals surface area (Å²) in [5.41, 5.74) is 7.59. The van der Waals surface area contributed by atoms with Gasteiger partial charge in [-0.15, -0.1) is 0 Å². The van der Waals surface area contributed by atoms with E-state index in [9.17, 15) is 0 Å². The molecule has 1 heterocycles. The van der Waals surface area contributed by atoms with Crippen LogP contribution in [0.3, 0.4) is 0 Å². The van der Waals surface area contributed by atoms with Crippen molar-refractivity contribution in [1.29, 1.82) is 0 Å². The fourth-order valence-electron chi connectivity index (χ4n) is 1.75. The molecule has 0 radical (unpaired) electrons. The third-order valence-corrected chi connectivity index (χ3v) is 2.90. The third-order valence-electron chi connectivity index (χ3n) is 2.90. The highest BCUT2D eigenvalue weighted by Crippen LogP contribution is 2.19. The van der Waals surface area contributed by atoms with Gasteiger partial charge in [0.15, 0.2) is 0 Å². The van der Waals surface area contributed by atoms with Gasteiger partial charge in [-0.05, 0) is 38.3 Å². The summed E-state index contributed by atoms with van der Waals surface area (Å²) in [5, 5.41) is 3.38. The maximum atomic E-state index is 5.88. The lowest BCUT2D eigenvalue weighted by atomic mass is 10.0. The van der Waals surface area contributed by atoms with E-state index in [1.807, 2.05) is 19.1 Å². The first kappa shape index (κ1) is 12.8. The summed E-state index contributed by atoms with van der Waals surface area (Å²) in [4.78, 5) is 4.41. The summed E-state index contributed by atoms with van der Waals surface area (Å²) in [5.74, 6) is 1.55. The predicted molar refractivity (Wildman–Crippen MR) is 70.5 cm³/mol. The van der Waals surface area contributed by atoms with Gasteiger partial charge in [0.2, 0.25) is 0 Å². The number of anilines is 2. The number of nitrogens with zero attached hydrogens (tertiary/aromatic N) is 1. The van der Waals surface area contributed by atoms with Gasteiger partial charge in [-0.1, -0.05) is 20.3 Å². The van der Waals surface area contributed by atoms with E-state index in [1.165, 1.54) is 6.42 Å². The lowest BCUT2D eigenvalue weighted by Gasteiger charge is -2.19. The maximum Gasteiger partial charge on any atom is 0.149 e. The van der Waals surface area contributed by atoms with Crippen molar-refractivity contribution in [3.05, 3.63) is 17.8 Å². The Balaban J connectivity index is 2.61. The molecule has 3 N–H and O–H groups in total. The number of aromatic nitrogens is 1. The normalized spacial score (nSPS) is 14.5. The number of aryl methyl sites for hydroxylation is 1. The van der Waals surface area contributed by atoms with E-state index in [-0.39, 0.29) is 0 Å². The smallest absolute Gasteiger partial charge is 0.149 e. The Hall–Kier alpha value is -1.25. The Morgan fingerprint density at radius 1 is 1.38 bits per heavy atom. The van der Waals surface area contributed by atoms with Crippen LogP contribution in [0.15, 0.2) is 12.1 Å². The van der Waals surface area contributed by atoms with Crippen molar-refractivity contribution in [2.24, 2.45) is 5.92 Å². The van der Waals surface area contributed by atoms with Gasteiger partial charge in [0, 0.05) is 11.7 Å². The first-order chi connectivity index (χ1) is 7.52. The van der Waals surface area contributed by atoms with E-state index in [0.717, 1.165) is 29.5 Å². The molecule has 90 valence electrons. The van der Waals surface area contributed by atoms with Crippen LogP contribution in [0.2, 0.25) is 0 Å². The fourth-order valence-corrected chi connectivity index (χ4v) is 1.75. The van der Waals surface area contributed by atoms with Crippen molar-refractivity contribution in [3.63, 3.8) is 0 Å². The van der Waals surface area contributed by atoms with Crippen LogP contribution >= 0.6 is 0 Å². The molecule has 1 aromatic rings. The minimum absolute atomic E-state index is 0.409. The molecule has 3 nitrogen and oxygen atoms in total. The average molecular weight is 221 g/mol. The lowest BCUT2D eigenvalue weighted by Crippen LogP contribution is -2.20. The molecule has 0 spiro atoms. The molecule has 0 aromatic carbocycles. The number of hydrogen-bond acceptors (Lipinski definition) is 3. The van der Waals surface area contributed by atoms with Crippen LogP contribution in [-0.4, -0.2) is 11.0 Å².